The molecule has 1 aliphatic heterocycles. The van der Waals surface area contributed by atoms with Crippen LogP contribution in [0.5, 0.6) is 0 Å². The van der Waals surface area contributed by atoms with Crippen LogP contribution in [0.15, 0.2) is 6.20 Å². The first-order valence-corrected chi connectivity index (χ1v) is 7.85. The molecule has 2 rings (SSSR count). The van der Waals surface area contributed by atoms with Crippen LogP contribution in [0.2, 0.25) is 0 Å². The van der Waals surface area contributed by atoms with Gasteiger partial charge in [0.05, 0.1) is 6.04 Å². The first kappa shape index (κ1) is 14.0. The van der Waals surface area contributed by atoms with E-state index < -0.39 is 0 Å². The fraction of sp³-hybridized carbons (Fsp3) is 0.786. The summed E-state index contributed by atoms with van der Waals surface area (Å²) in [6.45, 7) is 11.2. The lowest BCUT2D eigenvalue weighted by molar-refractivity contribution is 0.0958. The van der Waals surface area contributed by atoms with Crippen molar-refractivity contribution in [2.75, 3.05) is 13.1 Å². The number of hydrogen-bond donors (Lipinski definition) is 1. The highest BCUT2D eigenvalue weighted by Gasteiger charge is 2.29. The molecule has 4 heteroatoms. The Kier molecular flexibility index (Phi) is 4.76. The van der Waals surface area contributed by atoms with Gasteiger partial charge >= 0.3 is 0 Å². The molecule has 102 valence electrons. The van der Waals surface area contributed by atoms with Gasteiger partial charge in [-0.05, 0) is 27.2 Å². The monoisotopic (exact) mass is 267 g/mol. The number of aromatic nitrogens is 1. The Balaban J connectivity index is 2.05. The van der Waals surface area contributed by atoms with E-state index in [1.54, 1.807) is 0 Å². The quantitative estimate of drug-likeness (QED) is 0.909. The summed E-state index contributed by atoms with van der Waals surface area (Å²) >= 11 is 1.83. The average Bonchev–Trinajstić information content (AvgIpc) is 2.78. The van der Waals surface area contributed by atoms with Crippen LogP contribution in [0.1, 0.15) is 49.5 Å². The minimum Gasteiger partial charge on any atom is -0.311 e. The van der Waals surface area contributed by atoms with Gasteiger partial charge in [0, 0.05) is 36.2 Å². The first-order valence-electron chi connectivity index (χ1n) is 7.03. The van der Waals surface area contributed by atoms with Crippen molar-refractivity contribution < 1.29 is 0 Å². The van der Waals surface area contributed by atoms with Crippen LogP contribution >= 0.6 is 11.3 Å². The molecule has 0 aromatic carbocycles. The van der Waals surface area contributed by atoms with Crippen LogP contribution in [0, 0.1) is 6.92 Å². The molecule has 1 N–H and O–H groups in total. The fourth-order valence-electron chi connectivity index (χ4n) is 2.74. The Morgan fingerprint density at radius 3 is 3.00 bits per heavy atom. The van der Waals surface area contributed by atoms with Crippen molar-refractivity contribution in [2.24, 2.45) is 0 Å². The SMILES string of the molecule is CCCC1CN(C(C)c2ncc(C)s2)C(C)CN1. The number of piperazine rings is 1. The van der Waals surface area contributed by atoms with Gasteiger partial charge in [0.1, 0.15) is 5.01 Å². The van der Waals surface area contributed by atoms with Crippen LogP contribution < -0.4 is 5.32 Å². The molecule has 3 unspecified atom stereocenters. The summed E-state index contributed by atoms with van der Waals surface area (Å²) in [5.41, 5.74) is 0. The summed E-state index contributed by atoms with van der Waals surface area (Å²) in [5, 5.41) is 4.91. The van der Waals surface area contributed by atoms with E-state index in [4.69, 9.17) is 0 Å². The molecule has 1 fully saturated rings. The van der Waals surface area contributed by atoms with E-state index in [1.807, 2.05) is 17.5 Å². The lowest BCUT2D eigenvalue weighted by Gasteiger charge is -2.41. The molecule has 1 aliphatic rings. The van der Waals surface area contributed by atoms with Gasteiger partial charge in [-0.2, -0.15) is 0 Å². The van der Waals surface area contributed by atoms with Gasteiger partial charge in [0.2, 0.25) is 0 Å². The Labute approximate surface area is 115 Å². The van der Waals surface area contributed by atoms with Crippen LogP contribution in [0.4, 0.5) is 0 Å². The second kappa shape index (κ2) is 6.13. The number of aryl methyl sites for hydroxylation is 1. The van der Waals surface area contributed by atoms with Crippen molar-refractivity contribution in [3.8, 4) is 0 Å². The minimum absolute atomic E-state index is 0.445. The molecule has 3 atom stereocenters. The topological polar surface area (TPSA) is 28.2 Å². The Morgan fingerprint density at radius 2 is 2.39 bits per heavy atom. The summed E-state index contributed by atoms with van der Waals surface area (Å²) in [5.74, 6) is 0. The van der Waals surface area contributed by atoms with Gasteiger partial charge in [-0.25, -0.2) is 4.98 Å². The third-order valence-corrected chi connectivity index (χ3v) is 4.91. The zero-order chi connectivity index (χ0) is 13.1. The summed E-state index contributed by atoms with van der Waals surface area (Å²) in [6.07, 6.45) is 4.52. The van der Waals surface area contributed by atoms with Gasteiger partial charge in [0.25, 0.3) is 0 Å². The van der Waals surface area contributed by atoms with Crippen LogP contribution in [-0.2, 0) is 0 Å². The molecular formula is C14H25N3S. The number of hydrogen-bond acceptors (Lipinski definition) is 4. The van der Waals surface area contributed by atoms with E-state index in [0.717, 1.165) is 13.1 Å². The van der Waals surface area contributed by atoms with Gasteiger partial charge < -0.3 is 5.32 Å². The molecule has 2 heterocycles. The Bertz CT molecular complexity index is 377. The standard InChI is InChI=1S/C14H25N3S/c1-5-6-13-9-17(10(2)7-15-13)12(4)14-16-8-11(3)18-14/h8,10,12-13,15H,5-7,9H2,1-4H3. The van der Waals surface area contributed by atoms with E-state index in [-0.39, 0.29) is 0 Å². The van der Waals surface area contributed by atoms with Gasteiger partial charge in [-0.3, -0.25) is 4.90 Å². The fourth-order valence-corrected chi connectivity index (χ4v) is 3.59. The molecule has 0 radical (unpaired) electrons. The van der Waals surface area contributed by atoms with Crippen molar-refractivity contribution in [1.29, 1.82) is 0 Å². The molecule has 0 bridgehead atoms. The predicted octanol–water partition coefficient (Wildman–Crippen LogP) is 2.97. The van der Waals surface area contributed by atoms with Crippen LogP contribution in [-0.4, -0.2) is 35.1 Å². The number of thiazole rings is 1. The van der Waals surface area contributed by atoms with E-state index in [9.17, 15) is 0 Å². The van der Waals surface area contributed by atoms with Crippen molar-refractivity contribution in [3.63, 3.8) is 0 Å². The summed E-state index contributed by atoms with van der Waals surface area (Å²) < 4.78 is 0. The minimum atomic E-state index is 0.445. The van der Waals surface area contributed by atoms with Crippen LogP contribution in [0.3, 0.4) is 0 Å². The van der Waals surface area contributed by atoms with Gasteiger partial charge in [-0.15, -0.1) is 11.3 Å². The highest BCUT2D eigenvalue weighted by Crippen LogP contribution is 2.28. The number of nitrogens with zero attached hydrogens (tertiary/aromatic N) is 2. The maximum Gasteiger partial charge on any atom is 0.110 e. The predicted molar refractivity (Wildman–Crippen MR) is 78.1 cm³/mol. The molecule has 0 amide bonds. The van der Waals surface area contributed by atoms with E-state index in [2.05, 4.69) is 42.9 Å². The maximum atomic E-state index is 4.55. The van der Waals surface area contributed by atoms with Crippen molar-refractivity contribution in [2.45, 2.75) is 58.7 Å². The first-order chi connectivity index (χ1) is 8.61. The smallest absolute Gasteiger partial charge is 0.110 e. The lowest BCUT2D eigenvalue weighted by Crippen LogP contribution is -2.55. The normalized spacial score (nSPS) is 27.3. The summed E-state index contributed by atoms with van der Waals surface area (Å²) in [7, 11) is 0. The van der Waals surface area contributed by atoms with E-state index >= 15 is 0 Å². The molecule has 0 aliphatic carbocycles. The van der Waals surface area contributed by atoms with Crippen molar-refractivity contribution in [3.05, 3.63) is 16.1 Å². The molecule has 3 nitrogen and oxygen atoms in total. The molecule has 1 aromatic heterocycles. The highest BCUT2D eigenvalue weighted by molar-refractivity contribution is 7.11. The molecular weight excluding hydrogens is 242 g/mol. The molecule has 0 saturated carbocycles. The number of nitrogens with one attached hydrogen (secondary N) is 1. The summed E-state index contributed by atoms with van der Waals surface area (Å²) in [4.78, 5) is 8.47. The van der Waals surface area contributed by atoms with Crippen LogP contribution in [0.25, 0.3) is 0 Å². The Morgan fingerprint density at radius 1 is 1.61 bits per heavy atom. The van der Waals surface area contributed by atoms with Crippen molar-refractivity contribution in [1.82, 2.24) is 15.2 Å². The highest BCUT2D eigenvalue weighted by atomic mass is 32.1. The van der Waals surface area contributed by atoms with Gasteiger partial charge in [-0.1, -0.05) is 13.3 Å². The summed E-state index contributed by atoms with van der Waals surface area (Å²) in [6, 6.07) is 1.69. The second-order valence-corrected chi connectivity index (χ2v) is 6.69. The molecule has 18 heavy (non-hydrogen) atoms. The molecule has 1 aromatic rings. The number of rotatable bonds is 4. The average molecular weight is 267 g/mol. The van der Waals surface area contributed by atoms with Crippen molar-refractivity contribution >= 4 is 11.3 Å². The van der Waals surface area contributed by atoms with E-state index in [1.165, 1.54) is 22.7 Å². The zero-order valence-electron chi connectivity index (χ0n) is 11.9. The molecule has 1 saturated heterocycles. The largest absolute Gasteiger partial charge is 0.311 e. The Hall–Kier alpha value is -0.450. The molecule has 0 spiro atoms. The third-order valence-electron chi connectivity index (χ3n) is 3.83. The maximum absolute atomic E-state index is 4.55. The van der Waals surface area contributed by atoms with Gasteiger partial charge in [0.15, 0.2) is 0 Å². The third kappa shape index (κ3) is 3.11. The zero-order valence-corrected chi connectivity index (χ0v) is 12.8. The second-order valence-electron chi connectivity index (χ2n) is 5.42. The van der Waals surface area contributed by atoms with E-state index in [0.29, 0.717) is 18.1 Å². The lowest BCUT2D eigenvalue weighted by atomic mass is 10.0.